The summed E-state index contributed by atoms with van der Waals surface area (Å²) >= 11 is 3.46. The van der Waals surface area contributed by atoms with Crippen LogP contribution in [0.25, 0.3) is 22.6 Å². The minimum atomic E-state index is 0.663. The van der Waals surface area contributed by atoms with Gasteiger partial charge in [0.15, 0.2) is 5.58 Å². The van der Waals surface area contributed by atoms with Gasteiger partial charge >= 0.3 is 0 Å². The van der Waals surface area contributed by atoms with Crippen LogP contribution in [-0.2, 0) is 0 Å². The smallest absolute Gasteiger partial charge is 0.227 e. The topological polar surface area (TPSA) is 26.0 Å². The molecule has 0 bridgehead atoms. The zero-order chi connectivity index (χ0) is 11.8. The van der Waals surface area contributed by atoms with Crippen molar-refractivity contribution in [1.82, 2.24) is 4.98 Å². The summed E-state index contributed by atoms with van der Waals surface area (Å²) in [5, 5.41) is 0. The second kappa shape index (κ2) is 4.00. The molecular formula is C14H10BrNO. The summed E-state index contributed by atoms with van der Waals surface area (Å²) in [6.07, 6.45) is 0. The molecule has 3 heteroatoms. The lowest BCUT2D eigenvalue weighted by molar-refractivity contribution is 0.618. The maximum atomic E-state index is 5.78. The molecule has 84 valence electrons. The molecule has 0 amide bonds. The molecule has 0 spiro atoms. The number of fused-ring (bicyclic) bond motifs is 1. The molecule has 1 aromatic heterocycles. The van der Waals surface area contributed by atoms with E-state index >= 15 is 0 Å². The fourth-order valence-corrected chi connectivity index (χ4v) is 2.25. The molecule has 2 nitrogen and oxygen atoms in total. The van der Waals surface area contributed by atoms with Gasteiger partial charge in [0.05, 0.1) is 4.47 Å². The molecule has 1 heterocycles. The Morgan fingerprint density at radius 3 is 2.71 bits per heavy atom. The van der Waals surface area contributed by atoms with E-state index in [1.807, 2.05) is 30.3 Å². The highest BCUT2D eigenvalue weighted by Crippen LogP contribution is 2.29. The van der Waals surface area contributed by atoms with Gasteiger partial charge in [0.2, 0.25) is 5.89 Å². The van der Waals surface area contributed by atoms with Crippen molar-refractivity contribution in [2.24, 2.45) is 0 Å². The van der Waals surface area contributed by atoms with Gasteiger partial charge in [0, 0.05) is 5.56 Å². The van der Waals surface area contributed by atoms with E-state index < -0.39 is 0 Å². The van der Waals surface area contributed by atoms with Crippen molar-refractivity contribution in [3.8, 4) is 11.5 Å². The predicted molar refractivity (Wildman–Crippen MR) is 71.9 cm³/mol. The molecule has 0 atom stereocenters. The van der Waals surface area contributed by atoms with Crippen LogP contribution in [-0.4, -0.2) is 4.98 Å². The van der Waals surface area contributed by atoms with Crippen LogP contribution in [0.4, 0.5) is 0 Å². The van der Waals surface area contributed by atoms with Gasteiger partial charge in [0.1, 0.15) is 5.52 Å². The quantitative estimate of drug-likeness (QED) is 0.655. The number of nitrogens with zero attached hydrogens (tertiary/aromatic N) is 1. The Morgan fingerprint density at radius 2 is 1.94 bits per heavy atom. The van der Waals surface area contributed by atoms with E-state index in [1.165, 1.54) is 5.56 Å². The maximum absolute atomic E-state index is 5.78. The van der Waals surface area contributed by atoms with Gasteiger partial charge in [-0.05, 0) is 47.1 Å². The van der Waals surface area contributed by atoms with E-state index in [0.717, 1.165) is 21.1 Å². The second-order valence-electron chi connectivity index (χ2n) is 3.98. The standard InChI is InChI=1S/C14H10BrNO/c1-9-4-2-5-10(8-9)14-16-12-7-3-6-11(15)13(12)17-14/h2-8H,1H3. The fraction of sp³-hybridized carbons (Fsp3) is 0.0714. The molecule has 3 rings (SSSR count). The highest BCUT2D eigenvalue weighted by molar-refractivity contribution is 9.10. The summed E-state index contributed by atoms with van der Waals surface area (Å²) in [5.41, 5.74) is 3.87. The Balaban J connectivity index is 2.22. The van der Waals surface area contributed by atoms with E-state index in [0.29, 0.717) is 5.89 Å². The zero-order valence-electron chi connectivity index (χ0n) is 9.27. The maximum Gasteiger partial charge on any atom is 0.227 e. The normalized spacial score (nSPS) is 10.9. The van der Waals surface area contributed by atoms with Crippen molar-refractivity contribution in [1.29, 1.82) is 0 Å². The molecule has 0 fully saturated rings. The minimum Gasteiger partial charge on any atom is -0.435 e. The Morgan fingerprint density at radius 1 is 1.12 bits per heavy atom. The third-order valence-corrected chi connectivity index (χ3v) is 3.26. The first-order valence-electron chi connectivity index (χ1n) is 5.36. The number of para-hydroxylation sites is 1. The van der Waals surface area contributed by atoms with Crippen LogP contribution in [0.5, 0.6) is 0 Å². The molecule has 0 radical (unpaired) electrons. The van der Waals surface area contributed by atoms with E-state index in [1.54, 1.807) is 0 Å². The molecule has 0 aliphatic carbocycles. The Kier molecular flexibility index (Phi) is 2.48. The van der Waals surface area contributed by atoms with Gasteiger partial charge in [-0.2, -0.15) is 0 Å². The van der Waals surface area contributed by atoms with Gasteiger partial charge in [-0.15, -0.1) is 0 Å². The van der Waals surface area contributed by atoms with E-state index in [-0.39, 0.29) is 0 Å². The average Bonchev–Trinajstić information content (AvgIpc) is 2.74. The summed E-state index contributed by atoms with van der Waals surface area (Å²) < 4.78 is 6.71. The van der Waals surface area contributed by atoms with Gasteiger partial charge in [-0.3, -0.25) is 0 Å². The zero-order valence-corrected chi connectivity index (χ0v) is 10.9. The number of benzene rings is 2. The van der Waals surface area contributed by atoms with Gasteiger partial charge in [0.25, 0.3) is 0 Å². The van der Waals surface area contributed by atoms with Crippen molar-refractivity contribution in [2.45, 2.75) is 6.92 Å². The highest BCUT2D eigenvalue weighted by atomic mass is 79.9. The molecule has 0 unspecified atom stereocenters. The summed E-state index contributed by atoms with van der Waals surface area (Å²) in [6, 6.07) is 14.0. The van der Waals surface area contributed by atoms with E-state index in [2.05, 4.69) is 40.0 Å². The van der Waals surface area contributed by atoms with Crippen molar-refractivity contribution in [3.05, 3.63) is 52.5 Å². The summed E-state index contributed by atoms with van der Waals surface area (Å²) in [5.74, 6) is 0.663. The monoisotopic (exact) mass is 287 g/mol. The third-order valence-electron chi connectivity index (χ3n) is 2.63. The first-order valence-corrected chi connectivity index (χ1v) is 6.15. The summed E-state index contributed by atoms with van der Waals surface area (Å²) in [7, 11) is 0. The van der Waals surface area contributed by atoms with Crippen molar-refractivity contribution < 1.29 is 4.42 Å². The van der Waals surface area contributed by atoms with Crippen molar-refractivity contribution >= 4 is 27.0 Å². The molecule has 2 aromatic carbocycles. The molecule has 0 saturated carbocycles. The predicted octanol–water partition coefficient (Wildman–Crippen LogP) is 4.57. The minimum absolute atomic E-state index is 0.663. The van der Waals surface area contributed by atoms with E-state index in [9.17, 15) is 0 Å². The lowest BCUT2D eigenvalue weighted by Crippen LogP contribution is -1.78. The van der Waals surface area contributed by atoms with Crippen molar-refractivity contribution in [2.75, 3.05) is 0 Å². The lowest BCUT2D eigenvalue weighted by Gasteiger charge is -1.96. The fourth-order valence-electron chi connectivity index (χ4n) is 1.82. The Labute approximate surface area is 107 Å². The van der Waals surface area contributed by atoms with Gasteiger partial charge < -0.3 is 4.42 Å². The number of hydrogen-bond donors (Lipinski definition) is 0. The molecule has 0 aliphatic rings. The number of rotatable bonds is 1. The number of aromatic nitrogens is 1. The SMILES string of the molecule is Cc1cccc(-c2nc3cccc(Br)c3o2)c1. The summed E-state index contributed by atoms with van der Waals surface area (Å²) in [4.78, 5) is 4.49. The number of aryl methyl sites for hydroxylation is 1. The van der Waals surface area contributed by atoms with Gasteiger partial charge in [-0.25, -0.2) is 4.98 Å². The average molecular weight is 288 g/mol. The third kappa shape index (κ3) is 1.87. The molecule has 0 aliphatic heterocycles. The molecule has 17 heavy (non-hydrogen) atoms. The molecule has 0 saturated heterocycles. The van der Waals surface area contributed by atoms with Crippen LogP contribution in [0.15, 0.2) is 51.4 Å². The Bertz CT molecular complexity index is 688. The number of hydrogen-bond acceptors (Lipinski definition) is 2. The number of oxazole rings is 1. The largest absolute Gasteiger partial charge is 0.435 e. The molecule has 3 aromatic rings. The highest BCUT2D eigenvalue weighted by Gasteiger charge is 2.09. The molecular weight excluding hydrogens is 278 g/mol. The first-order chi connectivity index (χ1) is 8.24. The second-order valence-corrected chi connectivity index (χ2v) is 4.83. The van der Waals surface area contributed by atoms with Crippen LogP contribution in [0.3, 0.4) is 0 Å². The van der Waals surface area contributed by atoms with Crippen molar-refractivity contribution in [3.63, 3.8) is 0 Å². The van der Waals surface area contributed by atoms with Crippen LogP contribution < -0.4 is 0 Å². The summed E-state index contributed by atoms with van der Waals surface area (Å²) in [6.45, 7) is 2.06. The van der Waals surface area contributed by atoms with E-state index in [4.69, 9.17) is 4.42 Å². The van der Waals surface area contributed by atoms with Crippen LogP contribution >= 0.6 is 15.9 Å². The Hall–Kier alpha value is -1.61. The van der Waals surface area contributed by atoms with Crippen LogP contribution in [0.2, 0.25) is 0 Å². The lowest BCUT2D eigenvalue weighted by atomic mass is 10.1. The van der Waals surface area contributed by atoms with Crippen LogP contribution in [0.1, 0.15) is 5.56 Å². The number of halogens is 1. The molecule has 0 N–H and O–H groups in total. The van der Waals surface area contributed by atoms with Gasteiger partial charge in [-0.1, -0.05) is 23.8 Å². The van der Waals surface area contributed by atoms with Crippen LogP contribution in [0, 0.1) is 6.92 Å². The first kappa shape index (κ1) is 10.5.